The lowest BCUT2D eigenvalue weighted by Gasteiger charge is -2.23. The second-order valence-corrected chi connectivity index (χ2v) is 4.22. The van der Waals surface area contributed by atoms with Crippen LogP contribution in [0.4, 0.5) is 0 Å². The highest BCUT2D eigenvalue weighted by atomic mass is 79.9. The van der Waals surface area contributed by atoms with E-state index in [1.165, 1.54) is 0 Å². The zero-order valence-corrected chi connectivity index (χ0v) is 9.37. The molecular formula is C10H11BrO3. The molecule has 1 aromatic rings. The van der Waals surface area contributed by atoms with Crippen LogP contribution in [0, 0.1) is 0 Å². The summed E-state index contributed by atoms with van der Waals surface area (Å²) >= 11 is 3.28. The molecule has 0 radical (unpaired) electrons. The Balaban J connectivity index is 2.40. The van der Waals surface area contributed by atoms with Crippen LogP contribution in [0.25, 0.3) is 0 Å². The van der Waals surface area contributed by atoms with E-state index >= 15 is 0 Å². The molecule has 1 saturated heterocycles. The number of ether oxygens (including phenoxy) is 2. The number of aromatic hydroxyl groups is 1. The van der Waals surface area contributed by atoms with Crippen LogP contribution in [0.3, 0.4) is 0 Å². The molecule has 0 atom stereocenters. The number of hydrogen-bond donors (Lipinski definition) is 1. The van der Waals surface area contributed by atoms with Gasteiger partial charge in [-0.3, -0.25) is 0 Å². The molecule has 0 aliphatic carbocycles. The summed E-state index contributed by atoms with van der Waals surface area (Å²) in [5.74, 6) is -0.617. The molecular weight excluding hydrogens is 248 g/mol. The van der Waals surface area contributed by atoms with Gasteiger partial charge in [-0.05, 0) is 25.1 Å². The van der Waals surface area contributed by atoms with Gasteiger partial charge in [-0.1, -0.05) is 15.9 Å². The van der Waals surface area contributed by atoms with Gasteiger partial charge < -0.3 is 14.6 Å². The maximum absolute atomic E-state index is 9.73. The van der Waals surface area contributed by atoms with Crippen molar-refractivity contribution in [3.05, 3.63) is 28.2 Å². The third kappa shape index (κ3) is 1.65. The molecule has 4 heteroatoms. The molecule has 2 rings (SSSR count). The molecule has 1 aliphatic heterocycles. The van der Waals surface area contributed by atoms with Gasteiger partial charge in [0.2, 0.25) is 0 Å². The van der Waals surface area contributed by atoms with Gasteiger partial charge in [-0.2, -0.15) is 0 Å². The first-order valence-electron chi connectivity index (χ1n) is 4.39. The number of rotatable bonds is 1. The minimum atomic E-state index is -0.801. The van der Waals surface area contributed by atoms with E-state index in [0.717, 1.165) is 4.47 Å². The van der Waals surface area contributed by atoms with Gasteiger partial charge in [0, 0.05) is 4.47 Å². The van der Waals surface area contributed by atoms with Crippen molar-refractivity contribution in [3.8, 4) is 5.75 Å². The molecule has 0 unspecified atom stereocenters. The van der Waals surface area contributed by atoms with Crippen molar-refractivity contribution < 1.29 is 14.6 Å². The Morgan fingerprint density at radius 2 is 2.00 bits per heavy atom. The highest BCUT2D eigenvalue weighted by Crippen LogP contribution is 2.37. The summed E-state index contributed by atoms with van der Waals surface area (Å²) in [6, 6.07) is 5.28. The average Bonchev–Trinajstić information content (AvgIpc) is 2.52. The highest BCUT2D eigenvalue weighted by Gasteiger charge is 2.35. The average molecular weight is 259 g/mol. The first-order valence-corrected chi connectivity index (χ1v) is 5.18. The molecule has 0 spiro atoms. The van der Waals surface area contributed by atoms with Crippen molar-refractivity contribution in [3.63, 3.8) is 0 Å². The zero-order chi connectivity index (χ0) is 10.2. The molecule has 14 heavy (non-hydrogen) atoms. The van der Waals surface area contributed by atoms with Crippen LogP contribution >= 0.6 is 15.9 Å². The van der Waals surface area contributed by atoms with Gasteiger partial charge >= 0.3 is 0 Å². The molecule has 76 valence electrons. The molecule has 0 amide bonds. The molecule has 0 aromatic heterocycles. The summed E-state index contributed by atoms with van der Waals surface area (Å²) in [4.78, 5) is 0. The van der Waals surface area contributed by atoms with E-state index in [1.54, 1.807) is 12.1 Å². The van der Waals surface area contributed by atoms with E-state index in [2.05, 4.69) is 15.9 Å². The number of benzene rings is 1. The first-order chi connectivity index (χ1) is 6.62. The van der Waals surface area contributed by atoms with Crippen LogP contribution in [-0.4, -0.2) is 18.3 Å². The SMILES string of the molecule is CC1(c2ccc(Br)cc2O)OCCO1. The molecule has 0 saturated carbocycles. The van der Waals surface area contributed by atoms with E-state index in [9.17, 15) is 5.11 Å². The van der Waals surface area contributed by atoms with Crippen LogP contribution < -0.4 is 0 Å². The van der Waals surface area contributed by atoms with Crippen molar-refractivity contribution in [1.29, 1.82) is 0 Å². The Bertz CT molecular complexity index is 345. The van der Waals surface area contributed by atoms with Crippen molar-refractivity contribution in [2.24, 2.45) is 0 Å². The minimum Gasteiger partial charge on any atom is -0.507 e. The van der Waals surface area contributed by atoms with Crippen LogP contribution in [-0.2, 0) is 15.3 Å². The maximum Gasteiger partial charge on any atom is 0.195 e. The van der Waals surface area contributed by atoms with E-state index in [0.29, 0.717) is 18.8 Å². The lowest BCUT2D eigenvalue weighted by Crippen LogP contribution is -2.22. The van der Waals surface area contributed by atoms with Gasteiger partial charge in [0.25, 0.3) is 0 Å². The first kappa shape index (κ1) is 9.96. The van der Waals surface area contributed by atoms with Crippen LogP contribution in [0.2, 0.25) is 0 Å². The van der Waals surface area contributed by atoms with Crippen LogP contribution in [0.1, 0.15) is 12.5 Å². The van der Waals surface area contributed by atoms with Gasteiger partial charge in [-0.15, -0.1) is 0 Å². The summed E-state index contributed by atoms with van der Waals surface area (Å²) in [5.41, 5.74) is 0.665. The van der Waals surface area contributed by atoms with E-state index in [1.807, 2.05) is 13.0 Å². The zero-order valence-electron chi connectivity index (χ0n) is 7.79. The molecule has 3 nitrogen and oxygen atoms in total. The van der Waals surface area contributed by atoms with Crippen LogP contribution in [0.15, 0.2) is 22.7 Å². The normalized spacial score (nSPS) is 19.9. The second kappa shape index (κ2) is 3.53. The fourth-order valence-corrected chi connectivity index (χ4v) is 1.91. The Labute approximate surface area is 90.8 Å². The highest BCUT2D eigenvalue weighted by molar-refractivity contribution is 9.10. The van der Waals surface area contributed by atoms with E-state index < -0.39 is 5.79 Å². The Hall–Kier alpha value is -0.580. The van der Waals surface area contributed by atoms with E-state index in [4.69, 9.17) is 9.47 Å². The van der Waals surface area contributed by atoms with Crippen molar-refractivity contribution >= 4 is 15.9 Å². The Kier molecular flexibility index (Phi) is 2.51. The molecule has 1 fully saturated rings. The number of phenolic OH excluding ortho intramolecular Hbond substituents is 1. The molecule has 1 heterocycles. The predicted molar refractivity (Wildman–Crippen MR) is 55.1 cm³/mol. The van der Waals surface area contributed by atoms with E-state index in [-0.39, 0.29) is 5.75 Å². The van der Waals surface area contributed by atoms with Gasteiger partial charge in [0.1, 0.15) is 5.75 Å². The third-order valence-corrected chi connectivity index (χ3v) is 2.78. The molecule has 1 aliphatic rings. The third-order valence-electron chi connectivity index (χ3n) is 2.29. The summed E-state index contributed by atoms with van der Waals surface area (Å²) in [6.07, 6.45) is 0. The van der Waals surface area contributed by atoms with Gasteiger partial charge in [0.15, 0.2) is 5.79 Å². The topological polar surface area (TPSA) is 38.7 Å². The van der Waals surface area contributed by atoms with Gasteiger partial charge in [-0.25, -0.2) is 0 Å². The molecule has 1 aromatic carbocycles. The summed E-state index contributed by atoms with van der Waals surface area (Å²) in [7, 11) is 0. The fraction of sp³-hybridized carbons (Fsp3) is 0.400. The Morgan fingerprint density at radius 1 is 1.36 bits per heavy atom. The summed E-state index contributed by atoms with van der Waals surface area (Å²) < 4.78 is 11.7. The molecule has 1 N–H and O–H groups in total. The van der Waals surface area contributed by atoms with Crippen molar-refractivity contribution in [1.82, 2.24) is 0 Å². The predicted octanol–water partition coefficient (Wildman–Crippen LogP) is 2.37. The van der Waals surface area contributed by atoms with Crippen molar-refractivity contribution in [2.75, 3.05) is 13.2 Å². The van der Waals surface area contributed by atoms with Crippen molar-refractivity contribution in [2.45, 2.75) is 12.7 Å². The van der Waals surface area contributed by atoms with Crippen LogP contribution in [0.5, 0.6) is 5.75 Å². The standard InChI is InChI=1S/C10H11BrO3/c1-10(13-4-5-14-10)8-3-2-7(11)6-9(8)12/h2-3,6,12H,4-5H2,1H3. The lowest BCUT2D eigenvalue weighted by molar-refractivity contribution is -0.150. The largest absolute Gasteiger partial charge is 0.507 e. The fourth-order valence-electron chi connectivity index (χ4n) is 1.56. The summed E-state index contributed by atoms with van der Waals surface area (Å²) in [5, 5.41) is 9.73. The Morgan fingerprint density at radius 3 is 2.57 bits per heavy atom. The summed E-state index contributed by atoms with van der Waals surface area (Å²) in [6.45, 7) is 2.93. The minimum absolute atomic E-state index is 0.184. The number of phenols is 1. The lowest BCUT2D eigenvalue weighted by atomic mass is 10.1. The number of hydrogen-bond acceptors (Lipinski definition) is 3. The quantitative estimate of drug-likeness (QED) is 0.841. The monoisotopic (exact) mass is 258 g/mol. The maximum atomic E-state index is 9.73. The smallest absolute Gasteiger partial charge is 0.195 e. The number of halogens is 1. The molecule has 0 bridgehead atoms. The van der Waals surface area contributed by atoms with Gasteiger partial charge in [0.05, 0.1) is 18.8 Å². The second-order valence-electron chi connectivity index (χ2n) is 3.30.